The number of rotatable bonds is 10. The zero-order valence-corrected chi connectivity index (χ0v) is 17.1. The molecule has 6 heteroatoms. The Morgan fingerprint density at radius 3 is 1.63 bits per heavy atom. The third-order valence-corrected chi connectivity index (χ3v) is 6.94. The van der Waals surface area contributed by atoms with Crippen molar-refractivity contribution >= 4 is 7.60 Å². The molecule has 0 unspecified atom stereocenters. The Hall–Kier alpha value is -1.81. The first-order valence-corrected chi connectivity index (χ1v) is 11.0. The van der Waals surface area contributed by atoms with Gasteiger partial charge >= 0.3 is 7.60 Å². The van der Waals surface area contributed by atoms with Gasteiger partial charge in [0.1, 0.15) is 11.5 Å². The van der Waals surface area contributed by atoms with E-state index in [0.717, 1.165) is 11.1 Å². The maximum Gasteiger partial charge on any atom is 0.330 e. The van der Waals surface area contributed by atoms with Crippen LogP contribution < -0.4 is 0 Å². The molecule has 0 saturated carbocycles. The summed E-state index contributed by atoms with van der Waals surface area (Å²) < 4.78 is 23.5. The van der Waals surface area contributed by atoms with Crippen molar-refractivity contribution in [2.24, 2.45) is 0 Å². The predicted molar refractivity (Wildman–Crippen MR) is 108 cm³/mol. The van der Waals surface area contributed by atoms with E-state index in [1.165, 1.54) is 0 Å². The van der Waals surface area contributed by atoms with Crippen LogP contribution in [0, 0.1) is 0 Å². The molecule has 148 valence electrons. The van der Waals surface area contributed by atoms with Crippen molar-refractivity contribution in [3.63, 3.8) is 0 Å². The van der Waals surface area contributed by atoms with Crippen molar-refractivity contribution in [2.45, 2.75) is 39.0 Å². The quantitative estimate of drug-likeness (QED) is 0.526. The largest absolute Gasteiger partial charge is 0.508 e. The third-order valence-electron chi connectivity index (χ3n) is 4.77. The summed E-state index contributed by atoms with van der Waals surface area (Å²) in [4.78, 5) is 0. The molecule has 0 aliphatic carbocycles. The minimum absolute atomic E-state index is 0.212. The molecule has 2 rings (SSSR count). The van der Waals surface area contributed by atoms with E-state index in [0.29, 0.717) is 32.2 Å². The van der Waals surface area contributed by atoms with Gasteiger partial charge in [-0.1, -0.05) is 31.2 Å². The second-order valence-electron chi connectivity index (χ2n) is 6.70. The maximum absolute atomic E-state index is 12.8. The Balaban J connectivity index is 2.26. The van der Waals surface area contributed by atoms with E-state index in [4.69, 9.17) is 9.05 Å². The second kappa shape index (κ2) is 9.41. The highest BCUT2D eigenvalue weighted by Crippen LogP contribution is 2.50. The average Bonchev–Trinajstić information content (AvgIpc) is 2.63. The fraction of sp³-hybridized carbons (Fsp3) is 0.429. The van der Waals surface area contributed by atoms with Gasteiger partial charge in [0.2, 0.25) is 0 Å². The Kier molecular flexibility index (Phi) is 7.49. The molecule has 0 fully saturated rings. The number of aromatic hydroxyl groups is 2. The Morgan fingerprint density at radius 1 is 0.852 bits per heavy atom. The van der Waals surface area contributed by atoms with Crippen LogP contribution in [0.3, 0.4) is 0 Å². The lowest BCUT2D eigenvalue weighted by Gasteiger charge is -2.32. The molecule has 5 nitrogen and oxygen atoms in total. The van der Waals surface area contributed by atoms with Crippen LogP contribution in [0.4, 0.5) is 0 Å². The zero-order valence-electron chi connectivity index (χ0n) is 16.2. The molecule has 0 heterocycles. The fourth-order valence-corrected chi connectivity index (χ4v) is 4.96. The Morgan fingerprint density at radius 2 is 1.26 bits per heavy atom. The van der Waals surface area contributed by atoms with Crippen LogP contribution in [-0.4, -0.2) is 29.6 Å². The summed E-state index contributed by atoms with van der Waals surface area (Å²) in [6.45, 7) is 6.43. The molecule has 0 aromatic heterocycles. The minimum Gasteiger partial charge on any atom is -0.508 e. The predicted octanol–water partition coefficient (Wildman–Crippen LogP) is 5.45. The lowest BCUT2D eigenvalue weighted by Crippen LogP contribution is -2.24. The minimum atomic E-state index is -3.08. The van der Waals surface area contributed by atoms with Gasteiger partial charge in [0.05, 0.1) is 19.4 Å². The van der Waals surface area contributed by atoms with Gasteiger partial charge in [-0.05, 0) is 62.1 Å². The molecule has 27 heavy (non-hydrogen) atoms. The first-order valence-electron chi connectivity index (χ1n) is 9.30. The lowest BCUT2D eigenvalue weighted by molar-refractivity contribution is 0.219. The molecular formula is C21H29O5P. The summed E-state index contributed by atoms with van der Waals surface area (Å²) in [6, 6.07) is 14.2. The molecule has 0 aliphatic rings. The van der Waals surface area contributed by atoms with E-state index in [-0.39, 0.29) is 16.9 Å². The maximum atomic E-state index is 12.8. The topological polar surface area (TPSA) is 76.0 Å². The molecule has 0 radical (unpaired) electrons. The van der Waals surface area contributed by atoms with Crippen LogP contribution in [0.15, 0.2) is 48.5 Å². The van der Waals surface area contributed by atoms with Crippen molar-refractivity contribution in [1.29, 1.82) is 0 Å². The average molecular weight is 392 g/mol. The van der Waals surface area contributed by atoms with Crippen molar-refractivity contribution < 1.29 is 23.8 Å². The van der Waals surface area contributed by atoms with Gasteiger partial charge in [0.25, 0.3) is 0 Å². The Bertz CT molecular complexity index is 700. The van der Waals surface area contributed by atoms with Gasteiger partial charge < -0.3 is 19.3 Å². The highest BCUT2D eigenvalue weighted by Gasteiger charge is 2.31. The smallest absolute Gasteiger partial charge is 0.330 e. The standard InChI is InChI=1S/C21H29O5P/c1-4-25-27(24,26-5-2)16-6-15-21(3,17-7-11-19(22)12-8-17)18-9-13-20(23)14-10-18/h7-14,22-23H,4-6,15-16H2,1-3H3. The molecule has 0 saturated heterocycles. The van der Waals surface area contributed by atoms with Gasteiger partial charge in [-0.15, -0.1) is 0 Å². The van der Waals surface area contributed by atoms with E-state index >= 15 is 0 Å². The van der Waals surface area contributed by atoms with Crippen LogP contribution in [0.2, 0.25) is 0 Å². The summed E-state index contributed by atoms with van der Waals surface area (Å²) in [5, 5.41) is 19.3. The highest BCUT2D eigenvalue weighted by atomic mass is 31.2. The number of hydrogen-bond donors (Lipinski definition) is 2. The fourth-order valence-electron chi connectivity index (χ4n) is 3.30. The van der Waals surface area contributed by atoms with E-state index < -0.39 is 7.60 Å². The van der Waals surface area contributed by atoms with Crippen molar-refractivity contribution in [3.8, 4) is 11.5 Å². The molecule has 0 spiro atoms. The summed E-state index contributed by atoms with van der Waals surface area (Å²) in [6.07, 6.45) is 1.71. The SMILES string of the molecule is CCOP(=O)(CCCC(C)(c1ccc(O)cc1)c1ccc(O)cc1)OCC. The van der Waals surface area contributed by atoms with Gasteiger partial charge in [0, 0.05) is 5.41 Å². The number of hydrogen-bond acceptors (Lipinski definition) is 5. The number of phenols is 2. The first kappa shape index (κ1) is 21.5. The van der Waals surface area contributed by atoms with Crippen LogP contribution >= 0.6 is 7.60 Å². The second-order valence-corrected chi connectivity index (χ2v) is 8.88. The van der Waals surface area contributed by atoms with Crippen LogP contribution in [-0.2, 0) is 19.0 Å². The lowest BCUT2D eigenvalue weighted by atomic mass is 9.73. The molecule has 0 amide bonds. The van der Waals surface area contributed by atoms with Crippen molar-refractivity contribution in [1.82, 2.24) is 0 Å². The van der Waals surface area contributed by atoms with Gasteiger partial charge in [0.15, 0.2) is 0 Å². The summed E-state index contributed by atoms with van der Waals surface area (Å²) in [5.41, 5.74) is 1.70. The summed E-state index contributed by atoms with van der Waals surface area (Å²) >= 11 is 0. The van der Waals surface area contributed by atoms with Gasteiger partial charge in [-0.2, -0.15) is 0 Å². The van der Waals surface area contributed by atoms with E-state index in [1.807, 2.05) is 38.1 Å². The van der Waals surface area contributed by atoms with E-state index in [1.54, 1.807) is 24.3 Å². The molecular weight excluding hydrogens is 363 g/mol. The highest BCUT2D eigenvalue weighted by molar-refractivity contribution is 7.53. The first-order chi connectivity index (χ1) is 12.8. The molecule has 0 bridgehead atoms. The monoisotopic (exact) mass is 392 g/mol. The van der Waals surface area contributed by atoms with Crippen LogP contribution in [0.25, 0.3) is 0 Å². The summed E-state index contributed by atoms with van der Waals surface area (Å²) in [7, 11) is -3.08. The molecule has 2 aromatic carbocycles. The van der Waals surface area contributed by atoms with Crippen molar-refractivity contribution in [3.05, 3.63) is 59.7 Å². The number of phenolic OH excluding ortho intramolecular Hbond substituents is 2. The van der Waals surface area contributed by atoms with Gasteiger partial charge in [-0.3, -0.25) is 4.57 Å². The van der Waals surface area contributed by atoms with E-state index in [9.17, 15) is 14.8 Å². The normalized spacial score (nSPS) is 12.3. The molecule has 0 aliphatic heterocycles. The number of benzene rings is 2. The summed E-state index contributed by atoms with van der Waals surface area (Å²) in [5.74, 6) is 0.424. The van der Waals surface area contributed by atoms with Crippen LogP contribution in [0.5, 0.6) is 11.5 Å². The van der Waals surface area contributed by atoms with Crippen LogP contribution in [0.1, 0.15) is 44.7 Å². The van der Waals surface area contributed by atoms with E-state index in [2.05, 4.69) is 6.92 Å². The van der Waals surface area contributed by atoms with Crippen molar-refractivity contribution in [2.75, 3.05) is 19.4 Å². The molecule has 2 N–H and O–H groups in total. The Labute approximate surface area is 161 Å². The third kappa shape index (κ3) is 5.58. The molecule has 2 aromatic rings. The molecule has 0 atom stereocenters. The zero-order chi connectivity index (χ0) is 19.9. The van der Waals surface area contributed by atoms with Gasteiger partial charge in [-0.25, -0.2) is 0 Å².